The summed E-state index contributed by atoms with van der Waals surface area (Å²) < 4.78 is 9.43. The van der Waals surface area contributed by atoms with E-state index >= 15 is 0 Å². The summed E-state index contributed by atoms with van der Waals surface area (Å²) in [7, 11) is 1.40. The molecule has 5 nitrogen and oxygen atoms in total. The van der Waals surface area contributed by atoms with Crippen LogP contribution < -0.4 is 5.32 Å². The molecule has 0 aliphatic heterocycles. The SMILES string of the molecule is COCC(=O)OCC(=O)N[C@@H](c1cccs1)C(C)(C)C. The Balaban J connectivity index is 2.58. The number of nitrogens with one attached hydrogen (secondary N) is 1. The molecule has 0 saturated heterocycles. The first-order valence-electron chi connectivity index (χ1n) is 6.32. The molecule has 0 aliphatic carbocycles. The largest absolute Gasteiger partial charge is 0.454 e. The monoisotopic (exact) mass is 299 g/mol. The first kappa shape index (κ1) is 16.7. The molecule has 1 aromatic rings. The van der Waals surface area contributed by atoms with Crippen molar-refractivity contribution in [2.45, 2.75) is 26.8 Å². The summed E-state index contributed by atoms with van der Waals surface area (Å²) in [6, 6.07) is 3.82. The Bertz CT molecular complexity index is 437. The van der Waals surface area contributed by atoms with Crippen LogP contribution in [0.1, 0.15) is 31.7 Å². The van der Waals surface area contributed by atoms with Gasteiger partial charge in [0.15, 0.2) is 6.61 Å². The quantitative estimate of drug-likeness (QED) is 0.817. The third-order valence-electron chi connectivity index (χ3n) is 2.63. The predicted octanol–water partition coefficient (Wildman–Crippen LogP) is 2.14. The van der Waals surface area contributed by atoms with Crippen molar-refractivity contribution >= 4 is 23.2 Å². The Labute approximate surface area is 123 Å². The third-order valence-corrected chi connectivity index (χ3v) is 3.56. The van der Waals surface area contributed by atoms with Crippen LogP contribution >= 0.6 is 11.3 Å². The summed E-state index contributed by atoms with van der Waals surface area (Å²) in [5, 5.41) is 4.88. The van der Waals surface area contributed by atoms with Gasteiger partial charge >= 0.3 is 5.97 Å². The molecule has 0 unspecified atom stereocenters. The van der Waals surface area contributed by atoms with Crippen LogP contribution in [0.2, 0.25) is 0 Å². The highest BCUT2D eigenvalue weighted by molar-refractivity contribution is 7.10. The molecule has 20 heavy (non-hydrogen) atoms. The van der Waals surface area contributed by atoms with E-state index in [1.165, 1.54) is 7.11 Å². The number of thiophene rings is 1. The zero-order valence-corrected chi connectivity index (χ0v) is 13.1. The maximum absolute atomic E-state index is 11.9. The number of hydrogen-bond donors (Lipinski definition) is 1. The van der Waals surface area contributed by atoms with Crippen LogP contribution in [0.25, 0.3) is 0 Å². The van der Waals surface area contributed by atoms with E-state index in [0.717, 1.165) is 4.88 Å². The van der Waals surface area contributed by atoms with Crippen LogP contribution in [0, 0.1) is 5.41 Å². The van der Waals surface area contributed by atoms with E-state index in [2.05, 4.69) is 30.8 Å². The number of hydrogen-bond acceptors (Lipinski definition) is 5. The minimum atomic E-state index is -0.550. The van der Waals surface area contributed by atoms with Gasteiger partial charge in [0.2, 0.25) is 0 Å². The normalized spacial score (nSPS) is 12.8. The first-order chi connectivity index (χ1) is 9.34. The molecule has 0 fully saturated rings. The zero-order valence-electron chi connectivity index (χ0n) is 12.3. The van der Waals surface area contributed by atoms with E-state index in [1.54, 1.807) is 11.3 Å². The molecule has 0 aliphatic rings. The van der Waals surface area contributed by atoms with Gasteiger partial charge in [-0.3, -0.25) is 4.79 Å². The van der Waals surface area contributed by atoms with E-state index in [4.69, 9.17) is 4.74 Å². The molecule has 6 heteroatoms. The van der Waals surface area contributed by atoms with E-state index in [-0.39, 0.29) is 30.6 Å². The molecule has 1 rings (SSSR count). The molecule has 0 aromatic carbocycles. The van der Waals surface area contributed by atoms with E-state index in [0.29, 0.717) is 0 Å². The number of carbonyl (C=O) groups excluding carboxylic acids is 2. The van der Waals surface area contributed by atoms with Crippen LogP contribution in [0.15, 0.2) is 17.5 Å². The van der Waals surface area contributed by atoms with Gasteiger partial charge in [-0.1, -0.05) is 26.8 Å². The van der Waals surface area contributed by atoms with Gasteiger partial charge in [-0.25, -0.2) is 4.79 Å². The third kappa shape index (κ3) is 5.30. The van der Waals surface area contributed by atoms with Crippen molar-refractivity contribution in [1.29, 1.82) is 0 Å². The van der Waals surface area contributed by atoms with Crippen molar-refractivity contribution < 1.29 is 19.1 Å². The smallest absolute Gasteiger partial charge is 0.332 e. The Morgan fingerprint density at radius 1 is 1.35 bits per heavy atom. The van der Waals surface area contributed by atoms with Gasteiger partial charge < -0.3 is 14.8 Å². The zero-order chi connectivity index (χ0) is 15.2. The Morgan fingerprint density at radius 2 is 2.05 bits per heavy atom. The lowest BCUT2D eigenvalue weighted by Crippen LogP contribution is -2.38. The highest BCUT2D eigenvalue weighted by Gasteiger charge is 2.28. The average Bonchev–Trinajstić information content (AvgIpc) is 2.86. The fourth-order valence-electron chi connectivity index (χ4n) is 1.68. The number of methoxy groups -OCH3 is 1. The molecule has 0 saturated carbocycles. The fourth-order valence-corrected chi connectivity index (χ4v) is 2.70. The molecule has 1 amide bonds. The van der Waals surface area contributed by atoms with Crippen molar-refractivity contribution in [3.8, 4) is 0 Å². The van der Waals surface area contributed by atoms with Crippen molar-refractivity contribution in [2.24, 2.45) is 5.41 Å². The molecule has 0 radical (unpaired) electrons. The highest BCUT2D eigenvalue weighted by Crippen LogP contribution is 2.34. The number of esters is 1. The minimum Gasteiger partial charge on any atom is -0.454 e. The maximum Gasteiger partial charge on any atom is 0.332 e. The lowest BCUT2D eigenvalue weighted by Gasteiger charge is -2.30. The van der Waals surface area contributed by atoms with Gasteiger partial charge in [-0.05, 0) is 16.9 Å². The van der Waals surface area contributed by atoms with Crippen LogP contribution in [0.4, 0.5) is 0 Å². The number of ether oxygens (including phenoxy) is 2. The molecule has 0 spiro atoms. The number of rotatable bonds is 6. The van der Waals surface area contributed by atoms with Crippen molar-refractivity contribution in [3.63, 3.8) is 0 Å². The molecule has 1 aromatic heterocycles. The summed E-state index contributed by atoms with van der Waals surface area (Å²) in [6.45, 7) is 5.71. The molecular weight excluding hydrogens is 278 g/mol. The molecule has 0 bridgehead atoms. The van der Waals surface area contributed by atoms with Crippen LogP contribution in [0.5, 0.6) is 0 Å². The number of carbonyl (C=O) groups is 2. The van der Waals surface area contributed by atoms with Gasteiger partial charge in [0.05, 0.1) is 6.04 Å². The van der Waals surface area contributed by atoms with Crippen LogP contribution in [-0.2, 0) is 19.1 Å². The van der Waals surface area contributed by atoms with Gasteiger partial charge in [0, 0.05) is 12.0 Å². The topological polar surface area (TPSA) is 64.6 Å². The summed E-state index contributed by atoms with van der Waals surface area (Å²) in [6.07, 6.45) is 0. The lowest BCUT2D eigenvalue weighted by molar-refractivity contribution is -0.152. The van der Waals surface area contributed by atoms with E-state index < -0.39 is 5.97 Å². The summed E-state index contributed by atoms with van der Waals surface area (Å²) >= 11 is 1.59. The second kappa shape index (κ2) is 7.40. The molecule has 1 atom stereocenters. The minimum absolute atomic E-state index is 0.115. The van der Waals surface area contributed by atoms with Gasteiger partial charge in [-0.15, -0.1) is 11.3 Å². The second-order valence-corrected chi connectivity index (χ2v) is 6.45. The van der Waals surface area contributed by atoms with Gasteiger partial charge in [0.1, 0.15) is 6.61 Å². The summed E-state index contributed by atoms with van der Waals surface area (Å²) in [4.78, 5) is 24.1. The molecule has 1 N–H and O–H groups in total. The van der Waals surface area contributed by atoms with Gasteiger partial charge in [-0.2, -0.15) is 0 Å². The molecular formula is C14H21NO4S. The average molecular weight is 299 g/mol. The highest BCUT2D eigenvalue weighted by atomic mass is 32.1. The standard InChI is InChI=1S/C14H21NO4S/c1-14(2,3)13(10-6-5-7-20-10)15-11(16)8-19-12(17)9-18-4/h5-7,13H,8-9H2,1-4H3,(H,15,16)/t13-/m0/s1. The van der Waals surface area contributed by atoms with Crippen molar-refractivity contribution in [2.75, 3.05) is 20.3 Å². The fraction of sp³-hybridized carbons (Fsp3) is 0.571. The maximum atomic E-state index is 11.9. The van der Waals surface area contributed by atoms with Crippen LogP contribution in [0.3, 0.4) is 0 Å². The Hall–Kier alpha value is -1.40. The van der Waals surface area contributed by atoms with Crippen molar-refractivity contribution in [1.82, 2.24) is 5.32 Å². The Morgan fingerprint density at radius 3 is 2.55 bits per heavy atom. The van der Waals surface area contributed by atoms with E-state index in [9.17, 15) is 9.59 Å². The lowest BCUT2D eigenvalue weighted by atomic mass is 9.86. The first-order valence-corrected chi connectivity index (χ1v) is 7.20. The van der Waals surface area contributed by atoms with Crippen molar-refractivity contribution in [3.05, 3.63) is 22.4 Å². The summed E-state index contributed by atoms with van der Waals surface area (Å²) in [5.74, 6) is -0.867. The van der Waals surface area contributed by atoms with E-state index in [1.807, 2.05) is 17.5 Å². The Kier molecular flexibility index (Phi) is 6.16. The van der Waals surface area contributed by atoms with Crippen LogP contribution in [-0.4, -0.2) is 32.2 Å². The molecule has 112 valence electrons. The van der Waals surface area contributed by atoms with Gasteiger partial charge in [0.25, 0.3) is 5.91 Å². The summed E-state index contributed by atoms with van der Waals surface area (Å²) in [5.41, 5.74) is -0.128. The predicted molar refractivity (Wildman–Crippen MR) is 77.5 cm³/mol. The number of amides is 1. The second-order valence-electron chi connectivity index (χ2n) is 5.48. The molecule has 1 heterocycles.